The minimum Gasteiger partial charge on any atom is -0.390 e. The largest absolute Gasteiger partial charge is 0.390 e. The Kier molecular flexibility index (Phi) is 2.87. The molecule has 0 radical (unpaired) electrons. The van der Waals surface area contributed by atoms with Crippen LogP contribution in [0, 0.1) is 11.8 Å². The summed E-state index contributed by atoms with van der Waals surface area (Å²) in [4.78, 5) is 0. The van der Waals surface area contributed by atoms with Gasteiger partial charge in [-0.15, -0.1) is 0 Å². The van der Waals surface area contributed by atoms with Crippen molar-refractivity contribution in [3.8, 4) is 0 Å². The first kappa shape index (κ1) is 8.97. The average Bonchev–Trinajstić information content (AvgIpc) is 1.94. The van der Waals surface area contributed by atoms with E-state index < -0.39 is 12.2 Å². The van der Waals surface area contributed by atoms with E-state index in [4.69, 9.17) is 0 Å². The maximum absolute atomic E-state index is 9.52. The van der Waals surface area contributed by atoms with E-state index in [0.717, 1.165) is 6.54 Å². The molecule has 1 saturated heterocycles. The van der Waals surface area contributed by atoms with E-state index in [-0.39, 0.29) is 5.92 Å². The second kappa shape index (κ2) is 3.52. The van der Waals surface area contributed by atoms with Gasteiger partial charge in [-0.05, 0) is 5.92 Å². The van der Waals surface area contributed by atoms with Gasteiger partial charge in [0.05, 0.1) is 12.2 Å². The van der Waals surface area contributed by atoms with Crippen molar-refractivity contribution in [2.45, 2.75) is 26.1 Å². The van der Waals surface area contributed by atoms with E-state index in [2.05, 4.69) is 19.2 Å². The number of rotatable bonds is 1. The van der Waals surface area contributed by atoms with Gasteiger partial charge in [0.1, 0.15) is 0 Å². The minimum atomic E-state index is -0.587. The van der Waals surface area contributed by atoms with Crippen LogP contribution in [-0.2, 0) is 0 Å². The van der Waals surface area contributed by atoms with Crippen LogP contribution in [0.25, 0.3) is 0 Å². The number of β-amino-alcohol motifs (C(OH)–C–C–N with tert-alkyl or cyclic N) is 1. The normalized spacial score (nSPS) is 39.5. The van der Waals surface area contributed by atoms with Crippen molar-refractivity contribution in [1.82, 2.24) is 5.32 Å². The monoisotopic (exact) mass is 159 g/mol. The molecule has 11 heavy (non-hydrogen) atoms. The van der Waals surface area contributed by atoms with Gasteiger partial charge in [-0.25, -0.2) is 0 Å². The third-order valence-corrected chi connectivity index (χ3v) is 2.42. The number of hydrogen-bond donors (Lipinski definition) is 3. The lowest BCUT2D eigenvalue weighted by Gasteiger charge is -2.34. The number of hydrogen-bond acceptors (Lipinski definition) is 3. The van der Waals surface area contributed by atoms with Crippen molar-refractivity contribution >= 4 is 0 Å². The summed E-state index contributed by atoms with van der Waals surface area (Å²) in [6, 6.07) is 0. The Morgan fingerprint density at radius 1 is 1.27 bits per heavy atom. The van der Waals surface area contributed by atoms with E-state index in [1.165, 1.54) is 0 Å². The molecule has 66 valence electrons. The van der Waals surface area contributed by atoms with Crippen LogP contribution in [-0.4, -0.2) is 35.5 Å². The van der Waals surface area contributed by atoms with Crippen LogP contribution in [0.15, 0.2) is 0 Å². The van der Waals surface area contributed by atoms with Gasteiger partial charge in [0, 0.05) is 19.0 Å². The van der Waals surface area contributed by atoms with Crippen LogP contribution in [0.2, 0.25) is 0 Å². The highest BCUT2D eigenvalue weighted by Gasteiger charge is 2.31. The molecule has 1 aliphatic heterocycles. The number of aliphatic hydroxyl groups is 2. The molecule has 0 amide bonds. The maximum Gasteiger partial charge on any atom is 0.0926 e. The molecule has 0 bridgehead atoms. The van der Waals surface area contributed by atoms with Crippen LogP contribution in [0.4, 0.5) is 0 Å². The van der Waals surface area contributed by atoms with Gasteiger partial charge in [0.15, 0.2) is 0 Å². The molecule has 0 aromatic carbocycles. The summed E-state index contributed by atoms with van der Waals surface area (Å²) >= 11 is 0. The second-order valence-electron chi connectivity index (χ2n) is 3.62. The summed E-state index contributed by atoms with van der Waals surface area (Å²) in [5.41, 5.74) is 0. The van der Waals surface area contributed by atoms with E-state index in [1.807, 2.05) is 0 Å². The Bertz CT molecular complexity index is 127. The average molecular weight is 159 g/mol. The fourth-order valence-corrected chi connectivity index (χ4v) is 1.55. The molecule has 3 N–H and O–H groups in total. The first-order valence-corrected chi connectivity index (χ1v) is 4.19. The zero-order valence-electron chi connectivity index (χ0n) is 7.12. The quantitative estimate of drug-likeness (QED) is 0.487. The topological polar surface area (TPSA) is 52.5 Å². The summed E-state index contributed by atoms with van der Waals surface area (Å²) in [6.07, 6.45) is -1.13. The van der Waals surface area contributed by atoms with E-state index in [1.54, 1.807) is 0 Å². The van der Waals surface area contributed by atoms with Crippen molar-refractivity contribution in [1.29, 1.82) is 0 Å². The predicted octanol–water partition coefficient (Wildman–Crippen LogP) is -0.416. The minimum absolute atomic E-state index is 0.193. The molecule has 0 saturated carbocycles. The van der Waals surface area contributed by atoms with Crippen LogP contribution in [0.3, 0.4) is 0 Å². The van der Waals surface area contributed by atoms with Crippen molar-refractivity contribution in [2.24, 2.45) is 11.8 Å². The van der Waals surface area contributed by atoms with Gasteiger partial charge < -0.3 is 15.5 Å². The molecule has 3 heteroatoms. The lowest BCUT2D eigenvalue weighted by Crippen LogP contribution is -2.51. The highest BCUT2D eigenvalue weighted by molar-refractivity contribution is 4.85. The lowest BCUT2D eigenvalue weighted by atomic mass is 9.85. The summed E-state index contributed by atoms with van der Waals surface area (Å²) in [7, 11) is 0. The fraction of sp³-hybridized carbons (Fsp3) is 1.00. The Morgan fingerprint density at radius 3 is 2.36 bits per heavy atom. The molecule has 1 heterocycles. The van der Waals surface area contributed by atoms with Crippen LogP contribution in [0.5, 0.6) is 0 Å². The second-order valence-corrected chi connectivity index (χ2v) is 3.62. The van der Waals surface area contributed by atoms with Crippen molar-refractivity contribution in [2.75, 3.05) is 13.1 Å². The van der Waals surface area contributed by atoms with Crippen LogP contribution in [0.1, 0.15) is 13.8 Å². The van der Waals surface area contributed by atoms with Gasteiger partial charge in [0.25, 0.3) is 0 Å². The van der Waals surface area contributed by atoms with Gasteiger partial charge in [-0.2, -0.15) is 0 Å². The third-order valence-electron chi connectivity index (χ3n) is 2.42. The van der Waals surface area contributed by atoms with Gasteiger partial charge in [0.2, 0.25) is 0 Å². The van der Waals surface area contributed by atoms with E-state index in [9.17, 15) is 10.2 Å². The van der Waals surface area contributed by atoms with Crippen LogP contribution >= 0.6 is 0 Å². The molecule has 3 atom stereocenters. The van der Waals surface area contributed by atoms with Gasteiger partial charge in [-0.3, -0.25) is 0 Å². The zero-order valence-corrected chi connectivity index (χ0v) is 7.12. The highest BCUT2D eigenvalue weighted by atomic mass is 16.3. The Labute approximate surface area is 67.4 Å². The van der Waals surface area contributed by atoms with Crippen molar-refractivity contribution in [3.63, 3.8) is 0 Å². The molecule has 0 spiro atoms. The molecular formula is C8H17NO2. The summed E-state index contributed by atoms with van der Waals surface area (Å²) < 4.78 is 0. The summed E-state index contributed by atoms with van der Waals surface area (Å²) in [5, 5.41) is 21.9. The summed E-state index contributed by atoms with van der Waals surface area (Å²) in [6.45, 7) is 5.46. The van der Waals surface area contributed by atoms with Gasteiger partial charge >= 0.3 is 0 Å². The SMILES string of the molecule is CC(C)C1CNCC(O)C1O. The molecule has 0 aromatic rings. The first-order chi connectivity index (χ1) is 5.13. The molecule has 0 aliphatic carbocycles. The number of nitrogens with one attached hydrogen (secondary N) is 1. The Morgan fingerprint density at radius 2 is 1.91 bits per heavy atom. The lowest BCUT2D eigenvalue weighted by molar-refractivity contribution is -0.0476. The zero-order chi connectivity index (χ0) is 8.43. The maximum atomic E-state index is 9.52. The predicted molar refractivity (Wildman–Crippen MR) is 43.2 cm³/mol. The smallest absolute Gasteiger partial charge is 0.0926 e. The molecule has 3 unspecified atom stereocenters. The molecule has 3 nitrogen and oxygen atoms in total. The first-order valence-electron chi connectivity index (χ1n) is 4.19. The third kappa shape index (κ3) is 1.92. The summed E-state index contributed by atoms with van der Waals surface area (Å²) in [5.74, 6) is 0.617. The van der Waals surface area contributed by atoms with Crippen LogP contribution < -0.4 is 5.32 Å². The van der Waals surface area contributed by atoms with E-state index >= 15 is 0 Å². The molecule has 0 aromatic heterocycles. The Balaban J connectivity index is 2.51. The van der Waals surface area contributed by atoms with E-state index in [0.29, 0.717) is 12.5 Å². The highest BCUT2D eigenvalue weighted by Crippen LogP contribution is 2.19. The molecular weight excluding hydrogens is 142 g/mol. The molecule has 1 fully saturated rings. The fourth-order valence-electron chi connectivity index (χ4n) is 1.55. The molecule has 1 aliphatic rings. The van der Waals surface area contributed by atoms with Gasteiger partial charge in [-0.1, -0.05) is 13.8 Å². The van der Waals surface area contributed by atoms with Crippen molar-refractivity contribution in [3.05, 3.63) is 0 Å². The standard InChI is InChI=1S/C8H17NO2/c1-5(2)6-3-9-4-7(10)8(6)11/h5-11H,3-4H2,1-2H3. The number of aliphatic hydroxyl groups excluding tert-OH is 2. The van der Waals surface area contributed by atoms with Crippen molar-refractivity contribution < 1.29 is 10.2 Å². The Hall–Kier alpha value is -0.120. The number of piperidine rings is 1. The molecule has 1 rings (SSSR count).